The van der Waals surface area contributed by atoms with Crippen molar-refractivity contribution >= 4 is 11.9 Å². The monoisotopic (exact) mass is 280 g/mol. The van der Waals surface area contributed by atoms with E-state index in [1.54, 1.807) is 19.2 Å². The summed E-state index contributed by atoms with van der Waals surface area (Å²) in [5.41, 5.74) is 0.0666. The Hall–Kier alpha value is -1.88. The molecule has 0 unspecified atom stereocenters. The lowest BCUT2D eigenvalue weighted by Gasteiger charge is -2.07. The quantitative estimate of drug-likeness (QED) is 0.556. The van der Waals surface area contributed by atoms with Gasteiger partial charge in [0.15, 0.2) is 0 Å². The molecule has 0 aromatic heterocycles. The van der Waals surface area contributed by atoms with Gasteiger partial charge in [-0.15, -0.1) is 0 Å². The van der Waals surface area contributed by atoms with Crippen molar-refractivity contribution in [3.8, 4) is 0 Å². The van der Waals surface area contributed by atoms with E-state index < -0.39 is 11.9 Å². The number of carboxylic acids is 1. The molecule has 0 spiro atoms. The van der Waals surface area contributed by atoms with Gasteiger partial charge >= 0.3 is 11.9 Å². The summed E-state index contributed by atoms with van der Waals surface area (Å²) in [6.07, 6.45) is 3.74. The number of methoxy groups -OCH3 is 1. The molecule has 1 N–H and O–H groups in total. The van der Waals surface area contributed by atoms with Crippen molar-refractivity contribution in [2.45, 2.75) is 25.7 Å². The second-order valence-electron chi connectivity index (χ2n) is 4.39. The van der Waals surface area contributed by atoms with Crippen molar-refractivity contribution < 1.29 is 24.2 Å². The highest BCUT2D eigenvalue weighted by molar-refractivity contribution is 6.02. The second-order valence-corrected chi connectivity index (χ2v) is 4.39. The Labute approximate surface area is 118 Å². The van der Waals surface area contributed by atoms with Crippen LogP contribution in [-0.4, -0.2) is 37.4 Å². The molecular weight excluding hydrogens is 260 g/mol. The van der Waals surface area contributed by atoms with Crippen molar-refractivity contribution in [2.24, 2.45) is 0 Å². The van der Waals surface area contributed by atoms with Gasteiger partial charge in [-0.2, -0.15) is 0 Å². The van der Waals surface area contributed by atoms with E-state index in [4.69, 9.17) is 14.6 Å². The summed E-state index contributed by atoms with van der Waals surface area (Å²) in [5, 5.41) is 8.99. The van der Waals surface area contributed by atoms with Crippen molar-refractivity contribution in [1.29, 1.82) is 0 Å². The smallest absolute Gasteiger partial charge is 0.339 e. The Morgan fingerprint density at radius 3 is 2.20 bits per heavy atom. The maximum atomic E-state index is 11.8. The minimum atomic E-state index is -1.13. The highest BCUT2D eigenvalue weighted by Gasteiger charge is 2.16. The number of aromatic carboxylic acids is 1. The molecule has 0 atom stereocenters. The molecule has 0 heterocycles. The topological polar surface area (TPSA) is 72.8 Å². The first-order valence-electron chi connectivity index (χ1n) is 6.65. The summed E-state index contributed by atoms with van der Waals surface area (Å²) in [4.78, 5) is 22.8. The van der Waals surface area contributed by atoms with Crippen LogP contribution in [0.1, 0.15) is 46.4 Å². The zero-order valence-electron chi connectivity index (χ0n) is 11.6. The average molecular weight is 280 g/mol. The van der Waals surface area contributed by atoms with Gasteiger partial charge in [-0.25, -0.2) is 9.59 Å². The number of ether oxygens (including phenoxy) is 2. The third-order valence-electron chi connectivity index (χ3n) is 2.85. The van der Waals surface area contributed by atoms with E-state index in [2.05, 4.69) is 0 Å². The third-order valence-corrected chi connectivity index (χ3v) is 2.85. The highest BCUT2D eigenvalue weighted by atomic mass is 16.5. The average Bonchev–Trinajstić information content (AvgIpc) is 2.46. The molecule has 0 radical (unpaired) electrons. The van der Waals surface area contributed by atoms with Crippen molar-refractivity contribution in [3.05, 3.63) is 35.4 Å². The van der Waals surface area contributed by atoms with E-state index in [1.165, 1.54) is 12.1 Å². The summed E-state index contributed by atoms with van der Waals surface area (Å²) in [6.45, 7) is 1.05. The maximum Gasteiger partial charge on any atom is 0.339 e. The third kappa shape index (κ3) is 5.40. The fourth-order valence-electron chi connectivity index (χ4n) is 1.79. The second kappa shape index (κ2) is 9.09. The first-order valence-corrected chi connectivity index (χ1v) is 6.65. The van der Waals surface area contributed by atoms with Gasteiger partial charge in [-0.05, 0) is 31.4 Å². The van der Waals surface area contributed by atoms with Crippen molar-refractivity contribution in [2.75, 3.05) is 20.3 Å². The number of unbranched alkanes of at least 4 members (excludes halogenated alkanes) is 3. The molecule has 1 aromatic rings. The molecule has 0 aliphatic carbocycles. The van der Waals surface area contributed by atoms with E-state index in [0.29, 0.717) is 6.61 Å². The van der Waals surface area contributed by atoms with Gasteiger partial charge in [0.25, 0.3) is 0 Å². The minimum Gasteiger partial charge on any atom is -0.478 e. The van der Waals surface area contributed by atoms with Gasteiger partial charge in [0.2, 0.25) is 0 Å². The first kappa shape index (κ1) is 16.2. The summed E-state index contributed by atoms with van der Waals surface area (Å²) in [5.74, 6) is -1.71. The lowest BCUT2D eigenvalue weighted by atomic mass is 10.1. The van der Waals surface area contributed by atoms with Crippen LogP contribution < -0.4 is 0 Å². The largest absolute Gasteiger partial charge is 0.478 e. The van der Waals surface area contributed by atoms with E-state index in [9.17, 15) is 9.59 Å². The van der Waals surface area contributed by atoms with Gasteiger partial charge in [-0.3, -0.25) is 0 Å². The fourth-order valence-corrected chi connectivity index (χ4v) is 1.79. The van der Waals surface area contributed by atoms with E-state index >= 15 is 0 Å². The molecule has 0 saturated heterocycles. The molecule has 1 rings (SSSR count). The van der Waals surface area contributed by atoms with E-state index in [1.807, 2.05) is 0 Å². The molecule has 0 bridgehead atoms. The molecule has 0 aliphatic heterocycles. The van der Waals surface area contributed by atoms with Crippen LogP contribution in [0, 0.1) is 0 Å². The Morgan fingerprint density at radius 2 is 1.60 bits per heavy atom. The van der Waals surface area contributed by atoms with Crippen LogP contribution in [0.4, 0.5) is 0 Å². The minimum absolute atomic E-state index is 0.0300. The number of benzene rings is 1. The normalized spacial score (nSPS) is 10.2. The fraction of sp³-hybridized carbons (Fsp3) is 0.467. The number of carbonyl (C=O) groups excluding carboxylic acids is 1. The summed E-state index contributed by atoms with van der Waals surface area (Å²) in [6, 6.07) is 6.05. The van der Waals surface area contributed by atoms with Crippen LogP contribution in [0.2, 0.25) is 0 Å². The molecule has 0 amide bonds. The van der Waals surface area contributed by atoms with Crippen molar-refractivity contribution in [3.63, 3.8) is 0 Å². The molecule has 5 nitrogen and oxygen atoms in total. The number of carbonyl (C=O) groups is 2. The SMILES string of the molecule is COCCCCCCOC(=O)c1ccccc1C(=O)O. The van der Waals surface area contributed by atoms with Gasteiger partial charge in [0.05, 0.1) is 17.7 Å². The lowest BCUT2D eigenvalue weighted by Crippen LogP contribution is -2.12. The van der Waals surface area contributed by atoms with Crippen LogP contribution in [-0.2, 0) is 9.47 Å². The number of hydrogen-bond donors (Lipinski definition) is 1. The van der Waals surface area contributed by atoms with Crippen LogP contribution in [0.25, 0.3) is 0 Å². The van der Waals surface area contributed by atoms with Gasteiger partial charge in [0.1, 0.15) is 0 Å². The zero-order chi connectivity index (χ0) is 14.8. The van der Waals surface area contributed by atoms with Crippen molar-refractivity contribution in [1.82, 2.24) is 0 Å². The van der Waals surface area contributed by atoms with E-state index in [0.717, 1.165) is 32.3 Å². The van der Waals surface area contributed by atoms with Crippen LogP contribution >= 0.6 is 0 Å². The predicted molar refractivity (Wildman–Crippen MR) is 74.0 cm³/mol. The summed E-state index contributed by atoms with van der Waals surface area (Å²) in [7, 11) is 1.67. The molecule has 1 aromatic carbocycles. The lowest BCUT2D eigenvalue weighted by molar-refractivity contribution is 0.0487. The molecule has 110 valence electrons. The number of carboxylic acid groups (broad SMARTS) is 1. The van der Waals surface area contributed by atoms with Crippen LogP contribution in [0.3, 0.4) is 0 Å². The summed E-state index contributed by atoms with van der Waals surface area (Å²) < 4.78 is 10.0. The first-order chi connectivity index (χ1) is 9.66. The number of hydrogen-bond acceptors (Lipinski definition) is 4. The Kier molecular flexibility index (Phi) is 7.35. The molecule has 0 saturated carbocycles. The molecule has 20 heavy (non-hydrogen) atoms. The Morgan fingerprint density at radius 1 is 1.00 bits per heavy atom. The summed E-state index contributed by atoms with van der Waals surface area (Å²) >= 11 is 0. The molecule has 0 fully saturated rings. The highest BCUT2D eigenvalue weighted by Crippen LogP contribution is 2.11. The maximum absolute atomic E-state index is 11.8. The van der Waals surface area contributed by atoms with E-state index in [-0.39, 0.29) is 11.1 Å². The van der Waals surface area contributed by atoms with Crippen LogP contribution in [0.5, 0.6) is 0 Å². The Balaban J connectivity index is 2.35. The number of esters is 1. The molecular formula is C15H20O5. The molecule has 0 aliphatic rings. The van der Waals surface area contributed by atoms with Gasteiger partial charge in [0, 0.05) is 13.7 Å². The van der Waals surface area contributed by atoms with Crippen LogP contribution in [0.15, 0.2) is 24.3 Å². The number of rotatable bonds is 9. The molecule has 5 heteroatoms. The van der Waals surface area contributed by atoms with Gasteiger partial charge in [-0.1, -0.05) is 18.6 Å². The predicted octanol–water partition coefficient (Wildman–Crippen LogP) is 2.75. The standard InChI is InChI=1S/C15H20O5/c1-19-10-6-2-3-7-11-20-15(18)13-9-5-4-8-12(13)14(16)17/h4-5,8-9H,2-3,6-7,10-11H2,1H3,(H,16,17). The van der Waals surface area contributed by atoms with Gasteiger partial charge < -0.3 is 14.6 Å². The Bertz CT molecular complexity index is 442. The zero-order valence-corrected chi connectivity index (χ0v) is 11.6.